The summed E-state index contributed by atoms with van der Waals surface area (Å²) in [5.41, 5.74) is 1.54. The van der Waals surface area contributed by atoms with Crippen molar-refractivity contribution in [2.24, 2.45) is 0 Å². The fraction of sp³-hybridized carbons (Fsp3) is 0.412. The molecule has 7 nitrogen and oxygen atoms in total. The van der Waals surface area contributed by atoms with Gasteiger partial charge < -0.3 is 4.90 Å². The van der Waals surface area contributed by atoms with Crippen molar-refractivity contribution in [3.63, 3.8) is 0 Å². The van der Waals surface area contributed by atoms with Crippen LogP contribution < -0.4 is 4.90 Å². The molecule has 140 valence electrons. The van der Waals surface area contributed by atoms with Crippen LogP contribution in [-0.4, -0.2) is 42.0 Å². The Morgan fingerprint density at radius 3 is 2.54 bits per heavy atom. The Morgan fingerprint density at radius 1 is 1.27 bits per heavy atom. The zero-order valence-electron chi connectivity index (χ0n) is 14.7. The number of carbonyl (C=O) groups excluding carboxylic acids is 1. The third-order valence-electron chi connectivity index (χ3n) is 4.50. The van der Waals surface area contributed by atoms with E-state index in [1.165, 1.54) is 4.31 Å². The van der Waals surface area contributed by atoms with Gasteiger partial charge in [0.15, 0.2) is 0 Å². The van der Waals surface area contributed by atoms with Gasteiger partial charge in [0.05, 0.1) is 27.8 Å². The van der Waals surface area contributed by atoms with Crippen molar-refractivity contribution < 1.29 is 13.2 Å². The zero-order valence-corrected chi connectivity index (χ0v) is 17.1. The van der Waals surface area contributed by atoms with Gasteiger partial charge in [-0.3, -0.25) is 9.48 Å². The Hall–Kier alpha value is -1.71. The molecule has 1 saturated heterocycles. The lowest BCUT2D eigenvalue weighted by Crippen LogP contribution is -2.28. The number of aromatic nitrogens is 2. The second-order valence-electron chi connectivity index (χ2n) is 6.16. The normalized spacial score (nSPS) is 15.2. The molecule has 1 aliphatic rings. The molecule has 0 unspecified atom stereocenters. The summed E-state index contributed by atoms with van der Waals surface area (Å²) in [5, 5.41) is 4.22. The summed E-state index contributed by atoms with van der Waals surface area (Å²) in [6.07, 6.45) is 3.05. The number of sulfonamides is 1. The number of hydrogen-bond donors (Lipinski definition) is 0. The first-order valence-corrected chi connectivity index (χ1v) is 10.6. The molecule has 0 saturated carbocycles. The van der Waals surface area contributed by atoms with E-state index in [1.54, 1.807) is 47.1 Å². The van der Waals surface area contributed by atoms with Crippen LogP contribution in [0, 0.1) is 0 Å². The molecule has 1 fully saturated rings. The van der Waals surface area contributed by atoms with Gasteiger partial charge in [-0.05, 0) is 53.5 Å². The van der Waals surface area contributed by atoms with Gasteiger partial charge in [0.1, 0.15) is 0 Å². The molecule has 0 bridgehead atoms. The average Bonchev–Trinajstić information content (AvgIpc) is 3.21. The van der Waals surface area contributed by atoms with Gasteiger partial charge in [-0.1, -0.05) is 0 Å². The Bertz CT molecular complexity index is 909. The molecular weight excluding hydrogens is 420 g/mol. The first-order chi connectivity index (χ1) is 12.3. The minimum absolute atomic E-state index is 0.0791. The summed E-state index contributed by atoms with van der Waals surface area (Å²) in [5.74, 6) is 0.0791. The van der Waals surface area contributed by atoms with Crippen LogP contribution in [0.2, 0.25) is 0 Å². The van der Waals surface area contributed by atoms with Crippen LogP contribution in [0.25, 0.3) is 0 Å². The van der Waals surface area contributed by atoms with Gasteiger partial charge in [0.2, 0.25) is 15.9 Å². The predicted octanol–water partition coefficient (Wildman–Crippen LogP) is 2.61. The highest BCUT2D eigenvalue weighted by Gasteiger charge is 2.25. The number of rotatable bonds is 6. The number of carbonyl (C=O) groups is 1. The maximum Gasteiger partial charge on any atom is 0.243 e. The summed E-state index contributed by atoms with van der Waals surface area (Å²) < 4.78 is 29.6. The highest BCUT2D eigenvalue weighted by atomic mass is 79.9. The van der Waals surface area contributed by atoms with Crippen LogP contribution >= 0.6 is 15.9 Å². The van der Waals surface area contributed by atoms with Crippen LogP contribution in [0.3, 0.4) is 0 Å². The van der Waals surface area contributed by atoms with E-state index in [2.05, 4.69) is 21.0 Å². The highest BCUT2D eigenvalue weighted by Crippen LogP contribution is 2.25. The van der Waals surface area contributed by atoms with Gasteiger partial charge in [0, 0.05) is 32.2 Å². The fourth-order valence-electron chi connectivity index (χ4n) is 3.01. The predicted molar refractivity (Wildman–Crippen MR) is 102 cm³/mol. The minimum atomic E-state index is -3.64. The van der Waals surface area contributed by atoms with Gasteiger partial charge in [-0.25, -0.2) is 8.42 Å². The summed E-state index contributed by atoms with van der Waals surface area (Å²) in [4.78, 5) is 13.7. The molecular formula is C17H21BrN4O3S. The Kier molecular flexibility index (Phi) is 5.50. The number of halogens is 1. The van der Waals surface area contributed by atoms with Crippen molar-refractivity contribution in [2.75, 3.05) is 18.5 Å². The summed E-state index contributed by atoms with van der Waals surface area (Å²) in [7, 11) is -2.09. The van der Waals surface area contributed by atoms with Crippen LogP contribution in [-0.2, 0) is 27.9 Å². The minimum Gasteiger partial charge on any atom is -0.312 e. The van der Waals surface area contributed by atoms with Crippen LogP contribution in [0.1, 0.15) is 25.5 Å². The van der Waals surface area contributed by atoms with E-state index in [1.807, 2.05) is 6.92 Å². The first kappa shape index (κ1) is 19.1. The van der Waals surface area contributed by atoms with Crippen molar-refractivity contribution in [1.29, 1.82) is 0 Å². The maximum atomic E-state index is 12.9. The molecule has 26 heavy (non-hydrogen) atoms. The molecule has 2 aromatic rings. The van der Waals surface area contributed by atoms with Gasteiger partial charge in [0.25, 0.3) is 0 Å². The van der Waals surface area contributed by atoms with Crippen LogP contribution in [0.4, 0.5) is 5.69 Å². The molecule has 0 atom stereocenters. The third kappa shape index (κ3) is 3.56. The van der Waals surface area contributed by atoms with Crippen molar-refractivity contribution >= 4 is 37.5 Å². The molecule has 0 radical (unpaired) electrons. The molecule has 0 spiro atoms. The second kappa shape index (κ2) is 7.50. The van der Waals surface area contributed by atoms with E-state index >= 15 is 0 Å². The summed E-state index contributed by atoms with van der Waals surface area (Å²) in [6, 6.07) is 6.49. The topological polar surface area (TPSA) is 75.5 Å². The molecule has 9 heteroatoms. The smallest absolute Gasteiger partial charge is 0.243 e. The van der Waals surface area contributed by atoms with Gasteiger partial charge in [-0.2, -0.15) is 9.40 Å². The number of aryl methyl sites for hydroxylation is 1. The highest BCUT2D eigenvalue weighted by molar-refractivity contribution is 9.10. The number of amides is 1. The van der Waals surface area contributed by atoms with Crippen molar-refractivity contribution in [1.82, 2.24) is 14.1 Å². The van der Waals surface area contributed by atoms with Gasteiger partial charge >= 0.3 is 0 Å². The lowest BCUT2D eigenvalue weighted by Gasteiger charge is -2.19. The van der Waals surface area contributed by atoms with Gasteiger partial charge in [-0.15, -0.1) is 0 Å². The molecule has 0 N–H and O–H groups in total. The van der Waals surface area contributed by atoms with E-state index in [0.29, 0.717) is 19.5 Å². The lowest BCUT2D eigenvalue weighted by molar-refractivity contribution is -0.117. The quantitative estimate of drug-likeness (QED) is 0.691. The van der Waals surface area contributed by atoms with E-state index in [9.17, 15) is 13.2 Å². The molecule has 3 rings (SSSR count). The number of nitrogens with zero attached hydrogens (tertiary/aromatic N) is 4. The number of anilines is 1. The van der Waals surface area contributed by atoms with Crippen molar-refractivity contribution in [3.05, 3.63) is 40.6 Å². The summed E-state index contributed by atoms with van der Waals surface area (Å²) >= 11 is 3.42. The van der Waals surface area contributed by atoms with Crippen molar-refractivity contribution in [2.45, 2.75) is 37.8 Å². The Balaban J connectivity index is 1.80. The Labute approximate surface area is 161 Å². The number of benzene rings is 1. The van der Waals surface area contributed by atoms with Crippen molar-refractivity contribution in [3.8, 4) is 0 Å². The monoisotopic (exact) mass is 440 g/mol. The molecule has 1 aliphatic heterocycles. The molecule has 1 aromatic carbocycles. The molecule has 1 aromatic heterocycles. The average molecular weight is 441 g/mol. The molecule has 1 amide bonds. The van der Waals surface area contributed by atoms with E-state index in [4.69, 9.17) is 0 Å². The standard InChI is InChI=1S/C17H21BrN4O3S/c1-3-22-16(15(18)11-19-22)12-20(2)26(24,25)14-8-6-13(7-9-14)21-10-4-5-17(21)23/h6-9,11H,3-5,10,12H2,1-2H3. The maximum absolute atomic E-state index is 12.9. The second-order valence-corrected chi connectivity index (χ2v) is 9.06. The summed E-state index contributed by atoms with van der Waals surface area (Å²) in [6.45, 7) is 3.51. The van der Waals surface area contributed by atoms with Crippen LogP contribution in [0.5, 0.6) is 0 Å². The largest absolute Gasteiger partial charge is 0.312 e. The molecule has 2 heterocycles. The van der Waals surface area contributed by atoms with E-state index in [0.717, 1.165) is 22.3 Å². The first-order valence-electron chi connectivity index (χ1n) is 8.41. The zero-order chi connectivity index (χ0) is 18.9. The Morgan fingerprint density at radius 2 is 1.96 bits per heavy atom. The van der Waals surface area contributed by atoms with Crippen LogP contribution in [0.15, 0.2) is 39.8 Å². The van der Waals surface area contributed by atoms with E-state index in [-0.39, 0.29) is 17.3 Å². The third-order valence-corrected chi connectivity index (χ3v) is 6.98. The number of hydrogen-bond acceptors (Lipinski definition) is 4. The SMILES string of the molecule is CCn1ncc(Br)c1CN(C)S(=O)(=O)c1ccc(N2CCCC2=O)cc1. The fourth-order valence-corrected chi connectivity index (χ4v) is 4.57. The lowest BCUT2D eigenvalue weighted by atomic mass is 10.3. The molecule has 0 aliphatic carbocycles. The van der Waals surface area contributed by atoms with E-state index < -0.39 is 10.0 Å².